The van der Waals surface area contributed by atoms with Crippen molar-refractivity contribution in [2.24, 2.45) is 0 Å². The Hall–Kier alpha value is -2.25. The molecule has 2 heterocycles. The Kier molecular flexibility index (Phi) is 6.14. The van der Waals surface area contributed by atoms with Crippen LogP contribution in [0.2, 0.25) is 0 Å². The first-order valence-corrected chi connectivity index (χ1v) is 8.87. The van der Waals surface area contributed by atoms with E-state index in [2.05, 4.69) is 25.4 Å². The second-order valence-electron chi connectivity index (χ2n) is 6.39. The van der Waals surface area contributed by atoms with E-state index in [9.17, 15) is 9.90 Å². The standard InChI is InChI=1S/C18H25N5O2/c24-12-16-4-1-2-10-23(16)11-3-9-19-18(25)15-7-5-14(6-8-15)17-20-13-21-22-17/h5-8,13,16,24H,1-4,9-12H2,(H,19,25)(H,20,21,22)/t16-/m1/s1. The van der Waals surface area contributed by atoms with Gasteiger partial charge in [0.25, 0.3) is 5.91 Å². The molecule has 3 N–H and O–H groups in total. The van der Waals surface area contributed by atoms with Gasteiger partial charge in [-0.25, -0.2) is 4.98 Å². The molecule has 0 bridgehead atoms. The van der Waals surface area contributed by atoms with Gasteiger partial charge in [-0.2, -0.15) is 5.10 Å². The summed E-state index contributed by atoms with van der Waals surface area (Å²) in [5, 5.41) is 19.0. The number of aliphatic hydroxyl groups is 1. The van der Waals surface area contributed by atoms with Gasteiger partial charge in [0, 0.05) is 30.3 Å². The van der Waals surface area contributed by atoms with E-state index in [4.69, 9.17) is 0 Å². The van der Waals surface area contributed by atoms with Crippen LogP contribution >= 0.6 is 0 Å². The number of aromatic nitrogens is 3. The van der Waals surface area contributed by atoms with Crippen molar-refractivity contribution in [3.8, 4) is 11.4 Å². The van der Waals surface area contributed by atoms with E-state index in [0.29, 0.717) is 17.9 Å². The quantitative estimate of drug-likeness (QED) is 0.661. The number of aliphatic hydroxyl groups excluding tert-OH is 1. The van der Waals surface area contributed by atoms with E-state index in [1.54, 1.807) is 12.1 Å². The topological polar surface area (TPSA) is 94.1 Å². The van der Waals surface area contributed by atoms with Gasteiger partial charge in [-0.05, 0) is 37.9 Å². The first kappa shape index (κ1) is 17.6. The zero-order valence-electron chi connectivity index (χ0n) is 14.3. The fraction of sp³-hybridized carbons (Fsp3) is 0.500. The molecule has 3 rings (SSSR count). The smallest absolute Gasteiger partial charge is 0.251 e. The zero-order chi connectivity index (χ0) is 17.5. The van der Waals surface area contributed by atoms with Crippen LogP contribution in [-0.2, 0) is 0 Å². The number of piperidine rings is 1. The highest BCUT2D eigenvalue weighted by molar-refractivity contribution is 5.94. The molecule has 0 radical (unpaired) electrons. The Morgan fingerprint density at radius 3 is 2.88 bits per heavy atom. The average molecular weight is 343 g/mol. The predicted molar refractivity (Wildman–Crippen MR) is 95.1 cm³/mol. The number of carbonyl (C=O) groups excluding carboxylic acids is 1. The summed E-state index contributed by atoms with van der Waals surface area (Å²) < 4.78 is 0. The molecular formula is C18H25N5O2. The fourth-order valence-corrected chi connectivity index (χ4v) is 3.27. The number of carbonyl (C=O) groups is 1. The fourth-order valence-electron chi connectivity index (χ4n) is 3.27. The first-order chi connectivity index (χ1) is 12.3. The number of nitrogens with zero attached hydrogens (tertiary/aromatic N) is 3. The molecule has 25 heavy (non-hydrogen) atoms. The lowest BCUT2D eigenvalue weighted by Gasteiger charge is -2.34. The molecule has 0 saturated carbocycles. The lowest BCUT2D eigenvalue weighted by Crippen LogP contribution is -2.43. The van der Waals surface area contributed by atoms with Crippen molar-refractivity contribution in [1.82, 2.24) is 25.4 Å². The summed E-state index contributed by atoms with van der Waals surface area (Å²) in [6.07, 6.45) is 5.81. The van der Waals surface area contributed by atoms with E-state index in [1.807, 2.05) is 12.1 Å². The third-order valence-electron chi connectivity index (χ3n) is 4.70. The number of aromatic amines is 1. The maximum absolute atomic E-state index is 12.2. The van der Waals surface area contributed by atoms with Crippen molar-refractivity contribution >= 4 is 5.91 Å². The number of likely N-dealkylation sites (tertiary alicyclic amines) is 1. The normalized spacial score (nSPS) is 18.2. The van der Waals surface area contributed by atoms with Crippen molar-refractivity contribution in [2.75, 3.05) is 26.2 Å². The van der Waals surface area contributed by atoms with Crippen LogP contribution < -0.4 is 5.32 Å². The molecule has 0 aliphatic carbocycles. The molecular weight excluding hydrogens is 318 g/mol. The van der Waals surface area contributed by atoms with Gasteiger partial charge < -0.3 is 10.4 Å². The number of H-pyrrole nitrogens is 1. The van der Waals surface area contributed by atoms with E-state index >= 15 is 0 Å². The van der Waals surface area contributed by atoms with Crippen molar-refractivity contribution in [1.29, 1.82) is 0 Å². The molecule has 1 aliphatic heterocycles. The van der Waals surface area contributed by atoms with E-state index in [-0.39, 0.29) is 18.6 Å². The van der Waals surface area contributed by atoms with Gasteiger partial charge in [-0.3, -0.25) is 14.8 Å². The van der Waals surface area contributed by atoms with Gasteiger partial charge in [0.05, 0.1) is 6.61 Å². The predicted octanol–water partition coefficient (Wildman–Crippen LogP) is 1.44. The van der Waals surface area contributed by atoms with Crippen LogP contribution in [0.5, 0.6) is 0 Å². The maximum Gasteiger partial charge on any atom is 0.251 e. The maximum atomic E-state index is 12.2. The Balaban J connectivity index is 1.43. The van der Waals surface area contributed by atoms with Gasteiger partial charge >= 0.3 is 0 Å². The van der Waals surface area contributed by atoms with E-state index in [1.165, 1.54) is 19.2 Å². The molecule has 1 fully saturated rings. The summed E-state index contributed by atoms with van der Waals surface area (Å²) in [4.78, 5) is 18.6. The molecule has 134 valence electrons. The third kappa shape index (κ3) is 4.64. The monoisotopic (exact) mass is 343 g/mol. The van der Waals surface area contributed by atoms with Crippen LogP contribution in [0.15, 0.2) is 30.6 Å². The number of benzene rings is 1. The highest BCUT2D eigenvalue weighted by Gasteiger charge is 2.20. The molecule has 1 aromatic heterocycles. The summed E-state index contributed by atoms with van der Waals surface area (Å²) in [5.41, 5.74) is 1.53. The minimum absolute atomic E-state index is 0.0681. The largest absolute Gasteiger partial charge is 0.395 e. The molecule has 1 saturated heterocycles. The summed E-state index contributed by atoms with van der Waals surface area (Å²) in [7, 11) is 0. The Morgan fingerprint density at radius 2 is 2.16 bits per heavy atom. The lowest BCUT2D eigenvalue weighted by atomic mass is 10.0. The van der Waals surface area contributed by atoms with Gasteiger partial charge in [-0.1, -0.05) is 18.6 Å². The van der Waals surface area contributed by atoms with Crippen LogP contribution in [-0.4, -0.2) is 63.4 Å². The van der Waals surface area contributed by atoms with Crippen LogP contribution in [0.3, 0.4) is 0 Å². The van der Waals surface area contributed by atoms with Gasteiger partial charge in [0.15, 0.2) is 5.82 Å². The van der Waals surface area contributed by atoms with Crippen LogP contribution in [0.1, 0.15) is 36.0 Å². The molecule has 1 aromatic carbocycles. The summed E-state index contributed by atoms with van der Waals surface area (Å²) in [6, 6.07) is 7.58. The van der Waals surface area contributed by atoms with Crippen molar-refractivity contribution in [2.45, 2.75) is 31.7 Å². The lowest BCUT2D eigenvalue weighted by molar-refractivity contribution is 0.0868. The van der Waals surface area contributed by atoms with E-state index in [0.717, 1.165) is 31.5 Å². The molecule has 0 unspecified atom stereocenters. The molecule has 0 spiro atoms. The SMILES string of the molecule is O=C(NCCCN1CCCC[C@@H]1CO)c1ccc(-c2ncn[nH]2)cc1. The van der Waals surface area contributed by atoms with Crippen LogP contribution in [0.25, 0.3) is 11.4 Å². The summed E-state index contributed by atoms with van der Waals surface area (Å²) >= 11 is 0. The van der Waals surface area contributed by atoms with Crippen molar-refractivity contribution in [3.05, 3.63) is 36.2 Å². The number of hydrogen-bond acceptors (Lipinski definition) is 5. The number of rotatable bonds is 7. The first-order valence-electron chi connectivity index (χ1n) is 8.87. The van der Waals surface area contributed by atoms with Gasteiger partial charge in [0.1, 0.15) is 6.33 Å². The van der Waals surface area contributed by atoms with Crippen LogP contribution in [0, 0.1) is 0 Å². The summed E-state index contributed by atoms with van der Waals surface area (Å²) in [6.45, 7) is 2.82. The third-order valence-corrected chi connectivity index (χ3v) is 4.70. The molecule has 2 aromatic rings. The second-order valence-corrected chi connectivity index (χ2v) is 6.39. The van der Waals surface area contributed by atoms with Crippen molar-refractivity contribution in [3.63, 3.8) is 0 Å². The van der Waals surface area contributed by atoms with Crippen LogP contribution in [0.4, 0.5) is 0 Å². The van der Waals surface area contributed by atoms with Gasteiger partial charge in [-0.15, -0.1) is 0 Å². The molecule has 1 amide bonds. The van der Waals surface area contributed by atoms with E-state index < -0.39 is 0 Å². The Morgan fingerprint density at radius 1 is 1.32 bits per heavy atom. The molecule has 7 heteroatoms. The highest BCUT2D eigenvalue weighted by atomic mass is 16.3. The molecule has 1 aliphatic rings. The number of amides is 1. The minimum Gasteiger partial charge on any atom is -0.395 e. The molecule has 1 atom stereocenters. The molecule has 7 nitrogen and oxygen atoms in total. The minimum atomic E-state index is -0.0681. The zero-order valence-corrected chi connectivity index (χ0v) is 14.3. The summed E-state index contributed by atoms with van der Waals surface area (Å²) in [5.74, 6) is 0.619. The Labute approximate surface area is 147 Å². The van der Waals surface area contributed by atoms with Crippen molar-refractivity contribution < 1.29 is 9.90 Å². The number of hydrogen-bond donors (Lipinski definition) is 3. The Bertz CT molecular complexity index is 657. The number of nitrogens with one attached hydrogen (secondary N) is 2. The van der Waals surface area contributed by atoms with Gasteiger partial charge in [0.2, 0.25) is 0 Å². The second kappa shape index (κ2) is 8.73. The average Bonchev–Trinajstić information content (AvgIpc) is 3.20. The highest BCUT2D eigenvalue weighted by Crippen LogP contribution is 2.17.